The van der Waals surface area contributed by atoms with Crippen LogP contribution in [0.2, 0.25) is 0 Å². The van der Waals surface area contributed by atoms with Crippen molar-refractivity contribution in [2.75, 3.05) is 7.11 Å². The first-order valence-electron chi connectivity index (χ1n) is 8.69. The SMILES string of the molecule is COc1cccc(CN(Cc2ccccn2)C2CCC(O)CC2)c1. The third-order valence-electron chi connectivity index (χ3n) is 4.79. The smallest absolute Gasteiger partial charge is 0.119 e. The van der Waals surface area contributed by atoms with E-state index >= 15 is 0 Å². The van der Waals surface area contributed by atoms with Gasteiger partial charge in [-0.2, -0.15) is 0 Å². The van der Waals surface area contributed by atoms with Gasteiger partial charge < -0.3 is 9.84 Å². The highest BCUT2D eigenvalue weighted by Crippen LogP contribution is 2.26. The molecule has 0 atom stereocenters. The summed E-state index contributed by atoms with van der Waals surface area (Å²) in [6.45, 7) is 1.70. The van der Waals surface area contributed by atoms with Crippen LogP contribution in [-0.2, 0) is 13.1 Å². The molecule has 0 bridgehead atoms. The van der Waals surface area contributed by atoms with Gasteiger partial charge in [0.1, 0.15) is 5.75 Å². The van der Waals surface area contributed by atoms with Crippen molar-refractivity contribution < 1.29 is 9.84 Å². The molecule has 128 valence electrons. The summed E-state index contributed by atoms with van der Waals surface area (Å²) in [4.78, 5) is 6.98. The third-order valence-corrected chi connectivity index (χ3v) is 4.79. The van der Waals surface area contributed by atoms with E-state index in [2.05, 4.69) is 28.1 Å². The fraction of sp³-hybridized carbons (Fsp3) is 0.450. The summed E-state index contributed by atoms with van der Waals surface area (Å²) in [5.74, 6) is 0.893. The number of nitrogens with zero attached hydrogens (tertiary/aromatic N) is 2. The van der Waals surface area contributed by atoms with Crippen LogP contribution in [0, 0.1) is 0 Å². The van der Waals surface area contributed by atoms with Crippen molar-refractivity contribution in [2.24, 2.45) is 0 Å². The van der Waals surface area contributed by atoms with Gasteiger partial charge in [-0.25, -0.2) is 0 Å². The lowest BCUT2D eigenvalue weighted by Gasteiger charge is -2.35. The Balaban J connectivity index is 1.75. The first kappa shape index (κ1) is 16.9. The first-order valence-corrected chi connectivity index (χ1v) is 8.69. The van der Waals surface area contributed by atoms with E-state index in [4.69, 9.17) is 4.74 Å². The monoisotopic (exact) mass is 326 g/mol. The second kappa shape index (κ2) is 8.27. The molecule has 2 aromatic rings. The number of methoxy groups -OCH3 is 1. The minimum atomic E-state index is -0.130. The Kier molecular flexibility index (Phi) is 5.83. The predicted octanol–water partition coefficient (Wildman–Crippen LogP) is 3.40. The van der Waals surface area contributed by atoms with Gasteiger partial charge in [-0.15, -0.1) is 0 Å². The van der Waals surface area contributed by atoms with Gasteiger partial charge in [0.15, 0.2) is 0 Å². The molecule has 0 aliphatic heterocycles. The summed E-state index contributed by atoms with van der Waals surface area (Å²) in [5, 5.41) is 9.81. The van der Waals surface area contributed by atoms with E-state index in [0.717, 1.165) is 50.2 Å². The number of aromatic nitrogens is 1. The molecule has 1 aromatic carbocycles. The molecule has 0 saturated heterocycles. The topological polar surface area (TPSA) is 45.6 Å². The number of benzene rings is 1. The molecule has 1 aliphatic carbocycles. The number of hydrogen-bond acceptors (Lipinski definition) is 4. The molecule has 1 aliphatic rings. The van der Waals surface area contributed by atoms with Crippen LogP contribution >= 0.6 is 0 Å². The lowest BCUT2D eigenvalue weighted by Crippen LogP contribution is -2.38. The van der Waals surface area contributed by atoms with Crippen LogP contribution in [0.1, 0.15) is 36.9 Å². The van der Waals surface area contributed by atoms with Gasteiger partial charge in [0.25, 0.3) is 0 Å². The van der Waals surface area contributed by atoms with Gasteiger partial charge in [-0.05, 0) is 55.5 Å². The second-order valence-corrected chi connectivity index (χ2v) is 6.54. The van der Waals surface area contributed by atoms with Crippen molar-refractivity contribution in [1.29, 1.82) is 0 Å². The fourth-order valence-corrected chi connectivity index (χ4v) is 3.44. The molecule has 1 N–H and O–H groups in total. The molecule has 0 amide bonds. The predicted molar refractivity (Wildman–Crippen MR) is 94.7 cm³/mol. The van der Waals surface area contributed by atoms with Crippen molar-refractivity contribution in [3.05, 3.63) is 59.9 Å². The molecule has 0 spiro atoms. The van der Waals surface area contributed by atoms with Gasteiger partial charge in [0.2, 0.25) is 0 Å². The van der Waals surface area contributed by atoms with Crippen molar-refractivity contribution >= 4 is 0 Å². The first-order chi connectivity index (χ1) is 11.7. The number of rotatable bonds is 6. The molecule has 1 fully saturated rings. The van der Waals surface area contributed by atoms with Gasteiger partial charge in [-0.1, -0.05) is 18.2 Å². The van der Waals surface area contributed by atoms with Crippen LogP contribution in [0.3, 0.4) is 0 Å². The highest BCUT2D eigenvalue weighted by molar-refractivity contribution is 5.28. The van der Waals surface area contributed by atoms with Crippen molar-refractivity contribution in [1.82, 2.24) is 9.88 Å². The molecule has 0 radical (unpaired) electrons. The summed E-state index contributed by atoms with van der Waals surface area (Å²) < 4.78 is 5.35. The average Bonchev–Trinajstić information content (AvgIpc) is 2.63. The fourth-order valence-electron chi connectivity index (χ4n) is 3.44. The zero-order valence-electron chi connectivity index (χ0n) is 14.3. The Morgan fingerprint density at radius 3 is 2.62 bits per heavy atom. The van der Waals surface area contributed by atoms with Crippen molar-refractivity contribution in [3.8, 4) is 5.75 Å². The van der Waals surface area contributed by atoms with E-state index in [9.17, 15) is 5.11 Å². The van der Waals surface area contributed by atoms with E-state index in [0.29, 0.717) is 6.04 Å². The molecule has 1 saturated carbocycles. The zero-order chi connectivity index (χ0) is 16.8. The average molecular weight is 326 g/mol. The Bertz CT molecular complexity index is 625. The van der Waals surface area contributed by atoms with E-state index < -0.39 is 0 Å². The molecule has 4 nitrogen and oxygen atoms in total. The number of aliphatic hydroxyl groups is 1. The summed E-state index contributed by atoms with van der Waals surface area (Å²) >= 11 is 0. The lowest BCUT2D eigenvalue weighted by molar-refractivity contribution is 0.0660. The minimum Gasteiger partial charge on any atom is -0.497 e. The van der Waals surface area contributed by atoms with Gasteiger partial charge in [0, 0.05) is 25.3 Å². The van der Waals surface area contributed by atoms with E-state index in [-0.39, 0.29) is 6.10 Å². The normalized spacial score (nSPS) is 21.0. The van der Waals surface area contributed by atoms with Gasteiger partial charge >= 0.3 is 0 Å². The third kappa shape index (κ3) is 4.56. The highest BCUT2D eigenvalue weighted by atomic mass is 16.5. The molecule has 24 heavy (non-hydrogen) atoms. The quantitative estimate of drug-likeness (QED) is 0.884. The highest BCUT2D eigenvalue weighted by Gasteiger charge is 2.25. The number of pyridine rings is 1. The molecule has 1 heterocycles. The Labute approximate surface area is 144 Å². The second-order valence-electron chi connectivity index (χ2n) is 6.54. The van der Waals surface area contributed by atoms with Crippen LogP contribution in [0.15, 0.2) is 48.7 Å². The summed E-state index contributed by atoms with van der Waals surface area (Å²) in [6.07, 6.45) is 5.58. The van der Waals surface area contributed by atoms with Gasteiger partial charge in [0.05, 0.1) is 18.9 Å². The van der Waals surface area contributed by atoms with Crippen LogP contribution in [0.25, 0.3) is 0 Å². The Hall–Kier alpha value is -1.91. The van der Waals surface area contributed by atoms with Crippen molar-refractivity contribution in [3.63, 3.8) is 0 Å². The lowest BCUT2D eigenvalue weighted by atomic mass is 9.91. The van der Waals surface area contributed by atoms with Crippen LogP contribution in [-0.4, -0.2) is 34.2 Å². The largest absolute Gasteiger partial charge is 0.497 e. The number of ether oxygens (including phenoxy) is 1. The summed E-state index contributed by atoms with van der Waals surface area (Å²) in [6, 6.07) is 14.8. The van der Waals surface area contributed by atoms with Gasteiger partial charge in [-0.3, -0.25) is 9.88 Å². The standard InChI is InChI=1S/C20H26N2O2/c1-24-20-7-4-5-16(13-20)14-22(15-17-6-2-3-12-21-17)18-8-10-19(23)11-9-18/h2-7,12-13,18-19,23H,8-11,14-15H2,1H3. The molecule has 3 rings (SSSR count). The Morgan fingerprint density at radius 2 is 1.92 bits per heavy atom. The maximum atomic E-state index is 9.81. The maximum absolute atomic E-state index is 9.81. The minimum absolute atomic E-state index is 0.130. The van der Waals surface area contributed by atoms with Crippen LogP contribution in [0.4, 0.5) is 0 Å². The molecular weight excluding hydrogens is 300 g/mol. The maximum Gasteiger partial charge on any atom is 0.119 e. The molecule has 0 unspecified atom stereocenters. The summed E-state index contributed by atoms with van der Waals surface area (Å²) in [7, 11) is 1.70. The van der Waals surface area contributed by atoms with Crippen LogP contribution in [0.5, 0.6) is 5.75 Å². The van der Waals surface area contributed by atoms with E-state index in [1.807, 2.05) is 30.5 Å². The van der Waals surface area contributed by atoms with E-state index in [1.54, 1.807) is 7.11 Å². The number of aliphatic hydroxyl groups excluding tert-OH is 1. The Morgan fingerprint density at radius 1 is 1.08 bits per heavy atom. The molecule has 4 heteroatoms. The van der Waals surface area contributed by atoms with Crippen LogP contribution < -0.4 is 4.74 Å². The molecular formula is C20H26N2O2. The molecule has 1 aromatic heterocycles. The summed E-state index contributed by atoms with van der Waals surface area (Å²) in [5.41, 5.74) is 2.34. The van der Waals surface area contributed by atoms with E-state index in [1.165, 1.54) is 5.56 Å². The zero-order valence-corrected chi connectivity index (χ0v) is 14.3. The van der Waals surface area contributed by atoms with Crippen molar-refractivity contribution in [2.45, 2.75) is 50.9 Å². The number of hydrogen-bond donors (Lipinski definition) is 1.